The molecule has 1 amide bonds. The highest BCUT2D eigenvalue weighted by Crippen LogP contribution is 2.21. The molecule has 0 radical (unpaired) electrons. The number of carbonyl (C=O) groups excluding carboxylic acids is 1. The van der Waals surface area contributed by atoms with Crippen molar-refractivity contribution in [3.63, 3.8) is 0 Å². The molecular weight excluding hydrogens is 406 g/mol. The van der Waals surface area contributed by atoms with Crippen LogP contribution in [0.1, 0.15) is 32.3 Å². The molecule has 0 saturated carbocycles. The molecule has 0 spiro atoms. The number of pyridine rings is 1. The van der Waals surface area contributed by atoms with Crippen LogP contribution in [0.25, 0.3) is 11.2 Å². The fourth-order valence-electron chi connectivity index (χ4n) is 4.02. The van der Waals surface area contributed by atoms with Crippen LogP contribution in [0.15, 0.2) is 47.4 Å². The Balaban J connectivity index is 1.42. The van der Waals surface area contributed by atoms with Crippen LogP contribution in [0.5, 0.6) is 5.75 Å². The van der Waals surface area contributed by atoms with Gasteiger partial charge in [0.1, 0.15) is 11.3 Å². The van der Waals surface area contributed by atoms with Crippen LogP contribution in [-0.2, 0) is 18.4 Å². The SMILES string of the molecule is CC(C)Oc1ccc(CNC(=O)[C@@H]2CCCN(c3nc4cccnc4n(C)c3=O)C2)cc1. The Labute approximate surface area is 187 Å². The van der Waals surface area contributed by atoms with Crippen molar-refractivity contribution in [3.05, 3.63) is 58.5 Å². The largest absolute Gasteiger partial charge is 0.491 e. The maximum absolute atomic E-state index is 12.9. The summed E-state index contributed by atoms with van der Waals surface area (Å²) in [6, 6.07) is 11.4. The number of aromatic nitrogens is 3. The molecule has 32 heavy (non-hydrogen) atoms. The third-order valence-corrected chi connectivity index (χ3v) is 5.66. The van der Waals surface area contributed by atoms with Crippen LogP contribution in [0.3, 0.4) is 0 Å². The van der Waals surface area contributed by atoms with Crippen LogP contribution < -0.4 is 20.5 Å². The number of nitrogens with one attached hydrogen (secondary N) is 1. The van der Waals surface area contributed by atoms with Gasteiger partial charge in [0.25, 0.3) is 5.56 Å². The molecule has 1 fully saturated rings. The number of amides is 1. The maximum atomic E-state index is 12.9. The van der Waals surface area contributed by atoms with Gasteiger partial charge in [-0.15, -0.1) is 0 Å². The number of piperidine rings is 1. The number of aryl methyl sites for hydroxylation is 1. The van der Waals surface area contributed by atoms with Crippen molar-refractivity contribution in [2.24, 2.45) is 13.0 Å². The van der Waals surface area contributed by atoms with Crippen LogP contribution in [0.2, 0.25) is 0 Å². The molecule has 1 saturated heterocycles. The molecule has 2 aromatic heterocycles. The molecule has 1 atom stereocenters. The van der Waals surface area contributed by atoms with E-state index in [1.54, 1.807) is 19.3 Å². The Morgan fingerprint density at radius 1 is 1.25 bits per heavy atom. The minimum absolute atomic E-state index is 0.00325. The molecule has 3 aromatic rings. The molecule has 0 aliphatic carbocycles. The van der Waals surface area contributed by atoms with Gasteiger partial charge < -0.3 is 15.0 Å². The zero-order valence-corrected chi connectivity index (χ0v) is 18.7. The second kappa shape index (κ2) is 9.38. The smallest absolute Gasteiger partial charge is 0.294 e. The number of hydrogen-bond acceptors (Lipinski definition) is 6. The van der Waals surface area contributed by atoms with Crippen molar-refractivity contribution >= 4 is 22.9 Å². The maximum Gasteiger partial charge on any atom is 0.294 e. The van der Waals surface area contributed by atoms with E-state index in [0.717, 1.165) is 24.2 Å². The van der Waals surface area contributed by atoms with E-state index >= 15 is 0 Å². The molecule has 1 aliphatic heterocycles. The van der Waals surface area contributed by atoms with Crippen molar-refractivity contribution in [3.8, 4) is 5.75 Å². The van der Waals surface area contributed by atoms with Gasteiger partial charge >= 0.3 is 0 Å². The minimum atomic E-state index is -0.194. The lowest BCUT2D eigenvalue weighted by atomic mass is 9.97. The molecule has 8 nitrogen and oxygen atoms in total. The van der Waals surface area contributed by atoms with Gasteiger partial charge in [-0.3, -0.25) is 14.2 Å². The zero-order valence-electron chi connectivity index (χ0n) is 18.7. The van der Waals surface area contributed by atoms with E-state index in [-0.39, 0.29) is 23.5 Å². The number of carbonyl (C=O) groups is 1. The highest BCUT2D eigenvalue weighted by Gasteiger charge is 2.28. The van der Waals surface area contributed by atoms with Crippen molar-refractivity contribution in [1.29, 1.82) is 0 Å². The lowest BCUT2D eigenvalue weighted by molar-refractivity contribution is -0.125. The minimum Gasteiger partial charge on any atom is -0.491 e. The monoisotopic (exact) mass is 435 g/mol. The fourth-order valence-corrected chi connectivity index (χ4v) is 4.02. The van der Waals surface area contributed by atoms with Crippen molar-refractivity contribution in [2.45, 2.75) is 39.3 Å². The van der Waals surface area contributed by atoms with Gasteiger partial charge in [0.2, 0.25) is 5.91 Å². The third kappa shape index (κ3) is 4.74. The molecule has 3 heterocycles. The number of hydrogen-bond donors (Lipinski definition) is 1. The van der Waals surface area contributed by atoms with Gasteiger partial charge in [-0.1, -0.05) is 12.1 Å². The highest BCUT2D eigenvalue weighted by molar-refractivity contribution is 5.79. The van der Waals surface area contributed by atoms with Gasteiger partial charge in [-0.2, -0.15) is 0 Å². The highest BCUT2D eigenvalue weighted by atomic mass is 16.5. The number of rotatable bonds is 6. The summed E-state index contributed by atoms with van der Waals surface area (Å²) < 4.78 is 7.18. The first-order valence-corrected chi connectivity index (χ1v) is 11.0. The summed E-state index contributed by atoms with van der Waals surface area (Å²) >= 11 is 0. The fraction of sp³-hybridized carbons (Fsp3) is 0.417. The lowest BCUT2D eigenvalue weighted by Gasteiger charge is -2.32. The van der Waals surface area contributed by atoms with E-state index in [4.69, 9.17) is 4.74 Å². The van der Waals surface area contributed by atoms with Gasteiger partial charge in [0, 0.05) is 32.9 Å². The molecule has 1 aromatic carbocycles. The molecular formula is C24H29N5O3. The first kappa shape index (κ1) is 21.8. The molecule has 0 bridgehead atoms. The number of nitrogens with zero attached hydrogens (tertiary/aromatic N) is 4. The summed E-state index contributed by atoms with van der Waals surface area (Å²) in [7, 11) is 1.70. The Morgan fingerprint density at radius 2 is 2.03 bits per heavy atom. The quantitative estimate of drug-likeness (QED) is 0.640. The van der Waals surface area contributed by atoms with Gasteiger partial charge in [0.15, 0.2) is 11.5 Å². The van der Waals surface area contributed by atoms with E-state index in [9.17, 15) is 9.59 Å². The summed E-state index contributed by atoms with van der Waals surface area (Å²) in [5, 5.41) is 3.04. The number of fused-ring (bicyclic) bond motifs is 1. The van der Waals surface area contributed by atoms with E-state index in [2.05, 4.69) is 15.3 Å². The topological polar surface area (TPSA) is 89.3 Å². The standard InChI is InChI=1S/C24H29N5O3/c1-16(2)32-19-10-8-17(9-11-19)14-26-23(30)18-6-5-13-29(15-18)22-24(31)28(3)21-20(27-22)7-4-12-25-21/h4,7-12,16,18H,5-6,13-15H2,1-3H3,(H,26,30)/t18-/m1/s1. The third-order valence-electron chi connectivity index (χ3n) is 5.66. The number of anilines is 1. The summed E-state index contributed by atoms with van der Waals surface area (Å²) in [6.07, 6.45) is 3.39. The number of ether oxygens (including phenoxy) is 1. The summed E-state index contributed by atoms with van der Waals surface area (Å²) in [5.41, 5.74) is 2.04. The summed E-state index contributed by atoms with van der Waals surface area (Å²) in [4.78, 5) is 36.5. The average molecular weight is 436 g/mol. The first-order valence-electron chi connectivity index (χ1n) is 11.0. The second-order valence-corrected chi connectivity index (χ2v) is 8.46. The predicted octanol–water partition coefficient (Wildman–Crippen LogP) is 2.65. The van der Waals surface area contributed by atoms with Crippen LogP contribution in [0.4, 0.5) is 5.82 Å². The second-order valence-electron chi connectivity index (χ2n) is 8.46. The Morgan fingerprint density at radius 3 is 2.78 bits per heavy atom. The first-order chi connectivity index (χ1) is 15.4. The summed E-state index contributed by atoms with van der Waals surface area (Å²) in [6.45, 7) is 5.61. The van der Waals surface area contributed by atoms with Crippen LogP contribution >= 0.6 is 0 Å². The van der Waals surface area contributed by atoms with Crippen molar-refractivity contribution < 1.29 is 9.53 Å². The molecule has 168 valence electrons. The van der Waals surface area contributed by atoms with Gasteiger partial charge in [-0.25, -0.2) is 9.97 Å². The van der Waals surface area contributed by atoms with Gasteiger partial charge in [-0.05, 0) is 56.5 Å². The van der Waals surface area contributed by atoms with E-state index in [1.165, 1.54) is 4.57 Å². The normalized spacial score (nSPS) is 16.4. The molecule has 0 unspecified atom stereocenters. The molecule has 1 N–H and O–H groups in total. The van der Waals surface area contributed by atoms with Crippen molar-refractivity contribution in [1.82, 2.24) is 19.9 Å². The molecule has 4 rings (SSSR count). The van der Waals surface area contributed by atoms with Crippen LogP contribution in [0, 0.1) is 5.92 Å². The Hall–Kier alpha value is -3.42. The van der Waals surface area contributed by atoms with E-state index < -0.39 is 0 Å². The summed E-state index contributed by atoms with van der Waals surface area (Å²) in [5.74, 6) is 1.00. The van der Waals surface area contributed by atoms with Gasteiger partial charge in [0.05, 0.1) is 12.0 Å². The molecule has 8 heteroatoms. The molecule has 1 aliphatic rings. The Bertz CT molecular complexity index is 1160. The lowest BCUT2D eigenvalue weighted by Crippen LogP contribution is -2.45. The van der Waals surface area contributed by atoms with E-state index in [1.807, 2.05) is 49.1 Å². The van der Waals surface area contributed by atoms with Crippen molar-refractivity contribution in [2.75, 3.05) is 18.0 Å². The van der Waals surface area contributed by atoms with E-state index in [0.29, 0.717) is 36.6 Å². The Kier molecular flexibility index (Phi) is 6.39. The predicted molar refractivity (Wildman–Crippen MR) is 124 cm³/mol. The zero-order chi connectivity index (χ0) is 22.7. The average Bonchev–Trinajstić information content (AvgIpc) is 2.80. The number of benzene rings is 1. The van der Waals surface area contributed by atoms with Crippen LogP contribution in [-0.4, -0.2) is 39.6 Å².